The van der Waals surface area contributed by atoms with Gasteiger partial charge in [0.05, 0.1) is 10.3 Å². The highest BCUT2D eigenvalue weighted by molar-refractivity contribution is 7.12. The molecule has 5 heterocycles. The third-order valence-electron chi connectivity index (χ3n) is 7.17. The Bertz CT molecular complexity index is 910. The molecular weight excluding hydrogens is 386 g/mol. The smallest absolute Gasteiger partial charge is 0.263 e. The van der Waals surface area contributed by atoms with Crippen molar-refractivity contribution in [3.8, 4) is 0 Å². The summed E-state index contributed by atoms with van der Waals surface area (Å²) in [6.07, 6.45) is 6.06. The highest BCUT2D eigenvalue weighted by Gasteiger charge is 2.65. The van der Waals surface area contributed by atoms with E-state index in [0.717, 1.165) is 37.2 Å². The summed E-state index contributed by atoms with van der Waals surface area (Å²) < 4.78 is 0. The highest BCUT2D eigenvalue weighted by atomic mass is 32.1. The van der Waals surface area contributed by atoms with Crippen LogP contribution in [-0.2, 0) is 4.79 Å². The second kappa shape index (κ2) is 6.79. The Morgan fingerprint density at radius 1 is 1.07 bits per heavy atom. The van der Waals surface area contributed by atoms with Gasteiger partial charge in [-0.05, 0) is 36.8 Å². The molecule has 2 aromatic rings. The Labute approximate surface area is 174 Å². The number of amides is 2. The number of carbonyl (C=O) groups excluding carboxylic acids is 2. The quantitative estimate of drug-likeness (QED) is 0.757. The molecule has 7 nitrogen and oxygen atoms in total. The van der Waals surface area contributed by atoms with E-state index in [1.165, 1.54) is 11.3 Å². The van der Waals surface area contributed by atoms with Gasteiger partial charge in [-0.3, -0.25) is 9.59 Å². The molecule has 2 spiro atoms. The Hall–Kier alpha value is -2.48. The number of thiophene rings is 1. The predicted molar refractivity (Wildman–Crippen MR) is 111 cm³/mol. The maximum Gasteiger partial charge on any atom is 0.263 e. The number of hydrogen-bond acceptors (Lipinski definition) is 6. The molecular formula is C21H25N5O2S. The molecule has 1 atom stereocenters. The number of nitrogens with zero attached hydrogens (tertiary/aromatic N) is 5. The lowest BCUT2D eigenvalue weighted by atomic mass is 9.60. The van der Waals surface area contributed by atoms with Crippen molar-refractivity contribution in [1.82, 2.24) is 19.8 Å². The minimum absolute atomic E-state index is 0.111. The third-order valence-corrected chi connectivity index (χ3v) is 8.03. The zero-order valence-electron chi connectivity index (χ0n) is 16.6. The van der Waals surface area contributed by atoms with E-state index in [9.17, 15) is 9.59 Å². The fourth-order valence-corrected chi connectivity index (χ4v) is 6.25. The standard InChI is InChI=1S/C21H25N5O2S/c1-24-10-7-21(18(24)28)15-26(19-22-8-3-9-23-19)14-20(21)5-11-25(12-6-20)17(27)16-4-2-13-29-16/h2-4,8-9,13H,5-7,10-12,14-15H2,1H3/t21-/m0/s1. The van der Waals surface area contributed by atoms with E-state index < -0.39 is 5.41 Å². The number of rotatable bonds is 2. The van der Waals surface area contributed by atoms with Crippen LogP contribution in [0, 0.1) is 10.8 Å². The van der Waals surface area contributed by atoms with E-state index in [0.29, 0.717) is 25.6 Å². The molecule has 3 saturated heterocycles. The SMILES string of the molecule is CN1CC[C@]2(CN(c3ncccn3)CC23CCN(C(=O)c2cccs2)CC3)C1=O. The minimum Gasteiger partial charge on any atom is -0.345 e. The third kappa shape index (κ3) is 2.76. The summed E-state index contributed by atoms with van der Waals surface area (Å²) in [5.74, 6) is 1.05. The van der Waals surface area contributed by atoms with Gasteiger partial charge in [0.15, 0.2) is 0 Å². The highest BCUT2D eigenvalue weighted by Crippen LogP contribution is 2.58. The fourth-order valence-electron chi connectivity index (χ4n) is 5.56. The molecule has 2 amide bonds. The van der Waals surface area contributed by atoms with Crippen LogP contribution < -0.4 is 4.90 Å². The Morgan fingerprint density at radius 3 is 2.45 bits per heavy atom. The van der Waals surface area contributed by atoms with Crippen LogP contribution in [0.4, 0.5) is 5.95 Å². The molecule has 0 N–H and O–H groups in total. The van der Waals surface area contributed by atoms with Crippen molar-refractivity contribution in [3.05, 3.63) is 40.8 Å². The molecule has 3 fully saturated rings. The topological polar surface area (TPSA) is 69.6 Å². The lowest BCUT2D eigenvalue weighted by Gasteiger charge is -2.46. The van der Waals surface area contributed by atoms with Crippen LogP contribution in [0.2, 0.25) is 0 Å². The summed E-state index contributed by atoms with van der Waals surface area (Å²) in [5.41, 5.74) is -0.542. The zero-order valence-corrected chi connectivity index (χ0v) is 17.4. The molecule has 0 bridgehead atoms. The van der Waals surface area contributed by atoms with Crippen LogP contribution in [-0.4, -0.2) is 71.4 Å². The number of anilines is 1. The van der Waals surface area contributed by atoms with Gasteiger partial charge in [0.2, 0.25) is 11.9 Å². The van der Waals surface area contributed by atoms with E-state index in [1.807, 2.05) is 40.4 Å². The van der Waals surface area contributed by atoms with Crippen molar-refractivity contribution in [2.24, 2.45) is 10.8 Å². The van der Waals surface area contributed by atoms with Crippen LogP contribution >= 0.6 is 11.3 Å². The van der Waals surface area contributed by atoms with Crippen molar-refractivity contribution < 1.29 is 9.59 Å². The van der Waals surface area contributed by atoms with Gasteiger partial charge in [-0.1, -0.05) is 6.07 Å². The molecule has 0 aliphatic carbocycles. The van der Waals surface area contributed by atoms with Crippen molar-refractivity contribution in [3.63, 3.8) is 0 Å². The number of carbonyl (C=O) groups is 2. The molecule has 3 aliphatic rings. The lowest BCUT2D eigenvalue weighted by molar-refractivity contribution is -0.140. The summed E-state index contributed by atoms with van der Waals surface area (Å²) in [4.78, 5) is 41.9. The van der Waals surface area contributed by atoms with E-state index in [2.05, 4.69) is 14.9 Å². The number of hydrogen-bond donors (Lipinski definition) is 0. The van der Waals surface area contributed by atoms with Gasteiger partial charge in [-0.15, -0.1) is 11.3 Å². The Balaban J connectivity index is 1.43. The van der Waals surface area contributed by atoms with E-state index in [1.54, 1.807) is 12.4 Å². The summed E-state index contributed by atoms with van der Waals surface area (Å²) in [7, 11) is 1.90. The average molecular weight is 412 g/mol. The average Bonchev–Trinajstić information content (AvgIpc) is 3.46. The van der Waals surface area contributed by atoms with Gasteiger partial charge < -0.3 is 14.7 Å². The summed E-state index contributed by atoms with van der Waals surface area (Å²) in [6.45, 7) is 3.62. The molecule has 8 heteroatoms. The first-order valence-corrected chi connectivity index (χ1v) is 11.0. The lowest BCUT2D eigenvalue weighted by Crippen LogP contribution is -2.53. The van der Waals surface area contributed by atoms with E-state index in [4.69, 9.17) is 0 Å². The first kappa shape index (κ1) is 18.5. The number of fused-ring (bicyclic) bond motifs is 1. The fraction of sp³-hybridized carbons (Fsp3) is 0.524. The number of aromatic nitrogens is 2. The Morgan fingerprint density at radius 2 is 1.83 bits per heavy atom. The largest absolute Gasteiger partial charge is 0.345 e. The van der Waals surface area contributed by atoms with Crippen LogP contribution in [0.25, 0.3) is 0 Å². The van der Waals surface area contributed by atoms with Gasteiger partial charge in [-0.25, -0.2) is 9.97 Å². The van der Waals surface area contributed by atoms with Crippen molar-refractivity contribution in [2.45, 2.75) is 19.3 Å². The molecule has 152 valence electrons. The van der Waals surface area contributed by atoms with E-state index in [-0.39, 0.29) is 17.2 Å². The molecule has 0 radical (unpaired) electrons. The van der Waals surface area contributed by atoms with Gasteiger partial charge in [0.25, 0.3) is 5.91 Å². The first-order valence-electron chi connectivity index (χ1n) is 10.2. The maximum atomic E-state index is 13.4. The molecule has 0 aromatic carbocycles. The zero-order chi connectivity index (χ0) is 20.1. The molecule has 0 saturated carbocycles. The minimum atomic E-state index is -0.404. The maximum absolute atomic E-state index is 13.4. The number of piperidine rings is 1. The summed E-state index contributed by atoms with van der Waals surface area (Å²) >= 11 is 1.49. The number of likely N-dealkylation sites (tertiary alicyclic amines) is 2. The van der Waals surface area contributed by atoms with Crippen LogP contribution in [0.1, 0.15) is 28.9 Å². The normalized spacial score (nSPS) is 26.1. The van der Waals surface area contributed by atoms with Gasteiger partial charge >= 0.3 is 0 Å². The molecule has 5 rings (SSSR count). The summed E-state index contributed by atoms with van der Waals surface area (Å²) in [5, 5.41) is 1.94. The second-order valence-corrected chi connectivity index (χ2v) is 9.46. The molecule has 29 heavy (non-hydrogen) atoms. The van der Waals surface area contributed by atoms with Crippen molar-refractivity contribution in [2.75, 3.05) is 44.7 Å². The van der Waals surface area contributed by atoms with Crippen LogP contribution in [0.15, 0.2) is 36.0 Å². The molecule has 3 aliphatic heterocycles. The first-order chi connectivity index (χ1) is 14.0. The van der Waals surface area contributed by atoms with Crippen molar-refractivity contribution >= 4 is 29.1 Å². The van der Waals surface area contributed by atoms with Gasteiger partial charge in [0, 0.05) is 57.6 Å². The van der Waals surface area contributed by atoms with Crippen LogP contribution in [0.3, 0.4) is 0 Å². The molecule has 0 unspecified atom stereocenters. The second-order valence-electron chi connectivity index (χ2n) is 8.51. The van der Waals surface area contributed by atoms with Crippen molar-refractivity contribution in [1.29, 1.82) is 0 Å². The molecule has 2 aromatic heterocycles. The predicted octanol–water partition coefficient (Wildman–Crippen LogP) is 2.13. The van der Waals surface area contributed by atoms with Crippen LogP contribution in [0.5, 0.6) is 0 Å². The monoisotopic (exact) mass is 411 g/mol. The Kier molecular flexibility index (Phi) is 4.34. The van der Waals surface area contributed by atoms with Gasteiger partial charge in [-0.2, -0.15) is 0 Å². The van der Waals surface area contributed by atoms with Gasteiger partial charge in [0.1, 0.15) is 0 Å². The summed E-state index contributed by atoms with van der Waals surface area (Å²) in [6, 6.07) is 5.62. The van der Waals surface area contributed by atoms with E-state index >= 15 is 0 Å².